The Morgan fingerprint density at radius 1 is 0.714 bits per heavy atom. The van der Waals surface area contributed by atoms with Gasteiger partial charge >= 0.3 is 31.3 Å². The summed E-state index contributed by atoms with van der Waals surface area (Å²) in [6.07, 6.45) is 0. The Morgan fingerprint density at radius 2 is 0.857 bits per heavy atom. The van der Waals surface area contributed by atoms with Gasteiger partial charge in [0.15, 0.2) is 0 Å². The van der Waals surface area contributed by atoms with Gasteiger partial charge < -0.3 is 19.2 Å². The van der Waals surface area contributed by atoms with Crippen molar-refractivity contribution in [2.75, 3.05) is 0 Å². The second-order valence-electron chi connectivity index (χ2n) is 0.752. The molecule has 1 unspecified atom stereocenters. The minimum atomic E-state index is -5.32. The van der Waals surface area contributed by atoms with Crippen molar-refractivity contribution in [2.45, 2.75) is 74.3 Å². The predicted molar refractivity (Wildman–Crippen MR) is 96.1 cm³/mol. The normalized spacial score (nSPS) is 5.38. The summed E-state index contributed by atoms with van der Waals surface area (Å²) in [6, 6.07) is 0. The van der Waals surface area contributed by atoms with Crippen LogP contribution < -0.4 is 14.7 Å². The zero-order valence-corrected chi connectivity index (χ0v) is 8.07. The average Bonchev–Trinajstić information content (AvgIpc) is 1.64. The molecule has 0 aliphatic rings. The van der Waals surface area contributed by atoms with Crippen LogP contribution in [0.5, 0.6) is 0 Å². The molecule has 0 aromatic carbocycles. The standard InChI is InChI=1S/10CH4.Mg.H2O6P2.O2/c;;;;;;;;;;;1-7(2)6-8(3,4)5;1-2/h10*1H4;;(H2,3,4,5);/q;;;;;;;;;;+2;;/p-2. The molecule has 140 valence electrons. The first-order chi connectivity index (χ1) is 4.42. The Kier molecular flexibility index (Phi) is 419. The average molecular weight is 375 g/mol. The Bertz CT molecular complexity index is 167. The van der Waals surface area contributed by atoms with Crippen LogP contribution in [0.2, 0.25) is 0 Å². The molecule has 11 heteroatoms. The molecule has 0 saturated heterocycles. The molecule has 0 spiro atoms. The Labute approximate surface area is 151 Å². The molecule has 0 saturated carbocycles. The molecule has 8 nitrogen and oxygen atoms in total. The smallest absolute Gasteiger partial charge is 0.786 e. The maximum atomic E-state index is 9.31. The summed E-state index contributed by atoms with van der Waals surface area (Å²) in [5.41, 5.74) is 0. The van der Waals surface area contributed by atoms with E-state index in [1.807, 2.05) is 0 Å². The molecule has 0 aliphatic heterocycles. The Hall–Kier alpha value is 0.536. The third-order valence-corrected chi connectivity index (χ3v) is 1.50. The molecule has 0 aliphatic carbocycles. The van der Waals surface area contributed by atoms with Crippen LogP contribution in [0.25, 0.3) is 0 Å². The van der Waals surface area contributed by atoms with Crippen LogP contribution in [0.1, 0.15) is 74.3 Å². The van der Waals surface area contributed by atoms with Gasteiger partial charge in [-0.1, -0.05) is 74.3 Å². The monoisotopic (exact) mass is 374 g/mol. The van der Waals surface area contributed by atoms with Gasteiger partial charge in [0.05, 0.1) is 0 Å². The van der Waals surface area contributed by atoms with Crippen LogP contribution in [-0.4, -0.2) is 23.1 Å². The maximum Gasteiger partial charge on any atom is 2.00 e. The predicted octanol–water partition coefficient (Wildman–Crippen LogP) is 3.90. The van der Waals surface area contributed by atoms with Crippen molar-refractivity contribution in [1.29, 1.82) is 0 Å². The van der Waals surface area contributed by atoms with E-state index in [1.54, 1.807) is 0 Å². The van der Waals surface area contributed by atoms with Gasteiger partial charge in [-0.05, 0) is 4.57 Å². The van der Waals surface area contributed by atoms with E-state index in [4.69, 9.17) is 9.93 Å². The Balaban J connectivity index is -0.00000000430. The van der Waals surface area contributed by atoms with E-state index < -0.39 is 16.1 Å². The first-order valence-corrected chi connectivity index (χ1v) is 4.00. The summed E-state index contributed by atoms with van der Waals surface area (Å²) < 4.78 is 21.4. The SMILES string of the molecule is C.C.C.C.C.C.C.C.C.C.O=O.O=[P+]([O-])OP(=O)([O-])[O-].[Mg+2]. The van der Waals surface area contributed by atoms with E-state index in [1.165, 1.54) is 0 Å². The van der Waals surface area contributed by atoms with Gasteiger partial charge in [0.2, 0.25) is 0 Å². The van der Waals surface area contributed by atoms with Gasteiger partial charge in [0.1, 0.15) is 7.82 Å². The minimum Gasteiger partial charge on any atom is -0.786 e. The molecule has 0 N–H and O–H groups in total. The molecule has 0 aromatic heterocycles. The van der Waals surface area contributed by atoms with Gasteiger partial charge in [-0.15, -0.1) is 4.31 Å². The Morgan fingerprint density at radius 3 is 0.857 bits per heavy atom. The third kappa shape index (κ3) is 230. The molecular formula is C10H40MgO8P2. The first-order valence-electron chi connectivity index (χ1n) is 1.44. The van der Waals surface area contributed by atoms with Gasteiger partial charge in [0.25, 0.3) is 0 Å². The summed E-state index contributed by atoms with van der Waals surface area (Å²) in [5, 5.41) is 0. The van der Waals surface area contributed by atoms with Crippen LogP contribution in [0.4, 0.5) is 0 Å². The van der Waals surface area contributed by atoms with E-state index in [0.29, 0.717) is 0 Å². The van der Waals surface area contributed by atoms with E-state index in [-0.39, 0.29) is 97.3 Å². The molecule has 0 amide bonds. The van der Waals surface area contributed by atoms with Crippen LogP contribution in [0.15, 0.2) is 0 Å². The van der Waals surface area contributed by atoms with Crippen LogP contribution >= 0.6 is 16.1 Å². The molecule has 1 atom stereocenters. The first kappa shape index (κ1) is 125. The molecule has 0 radical (unpaired) electrons. The molecular weight excluding hydrogens is 334 g/mol. The van der Waals surface area contributed by atoms with Gasteiger partial charge in [-0.3, -0.25) is 0 Å². The van der Waals surface area contributed by atoms with Crippen molar-refractivity contribution in [3.8, 4) is 0 Å². The molecule has 0 aromatic rings. The molecule has 21 heavy (non-hydrogen) atoms. The number of hydrogen-bond donors (Lipinski definition) is 0. The van der Waals surface area contributed by atoms with E-state index in [0.717, 1.165) is 0 Å². The molecule has 0 bridgehead atoms. The van der Waals surface area contributed by atoms with Crippen molar-refractivity contribution in [3.05, 3.63) is 9.93 Å². The zero-order chi connectivity index (χ0) is 8.78. The zero-order valence-electron chi connectivity index (χ0n) is 4.87. The topological polar surface area (TPSA) is 147 Å². The number of rotatable bonds is 2. The second kappa shape index (κ2) is 70.6. The van der Waals surface area contributed by atoms with Gasteiger partial charge in [-0.25, -0.2) is 0 Å². The molecule has 0 heterocycles. The van der Waals surface area contributed by atoms with Gasteiger partial charge in [-0.2, -0.15) is 0 Å². The fraction of sp³-hybridized carbons (Fsp3) is 1.00. The fourth-order valence-electron chi connectivity index (χ4n) is 0.0816. The number of hydrogen-bond acceptors (Lipinski definition) is 8. The molecule has 0 fully saturated rings. The largest absolute Gasteiger partial charge is 2.00 e. The maximum absolute atomic E-state index is 9.31. The fourth-order valence-corrected chi connectivity index (χ4v) is 0.735. The van der Waals surface area contributed by atoms with E-state index in [2.05, 4.69) is 4.31 Å². The van der Waals surface area contributed by atoms with Crippen molar-refractivity contribution in [3.63, 3.8) is 0 Å². The van der Waals surface area contributed by atoms with Crippen molar-refractivity contribution in [1.82, 2.24) is 0 Å². The van der Waals surface area contributed by atoms with Crippen molar-refractivity contribution >= 4 is 39.1 Å². The summed E-state index contributed by atoms with van der Waals surface area (Å²) >= 11 is 0. The molecule has 0 rings (SSSR count). The summed E-state index contributed by atoms with van der Waals surface area (Å²) in [5.74, 6) is 0. The van der Waals surface area contributed by atoms with Crippen molar-refractivity contribution in [2.24, 2.45) is 0 Å². The summed E-state index contributed by atoms with van der Waals surface area (Å²) in [7, 11) is -8.89. The third-order valence-electron chi connectivity index (χ3n) is 0.167. The van der Waals surface area contributed by atoms with Crippen molar-refractivity contribution < 1.29 is 28.1 Å². The van der Waals surface area contributed by atoms with Crippen LogP contribution in [-0.2, 0) is 13.4 Å². The van der Waals surface area contributed by atoms with Crippen LogP contribution in [0, 0.1) is 9.93 Å². The van der Waals surface area contributed by atoms with Crippen LogP contribution in [0.3, 0.4) is 0 Å². The summed E-state index contributed by atoms with van der Waals surface area (Å²) in [6.45, 7) is 0. The minimum absolute atomic E-state index is 0. The van der Waals surface area contributed by atoms with E-state index in [9.17, 15) is 23.8 Å². The number of phosphoric acid groups is 1. The summed E-state index contributed by atoms with van der Waals surface area (Å²) in [4.78, 5) is 41.9. The van der Waals surface area contributed by atoms with Gasteiger partial charge in [0, 0.05) is 9.93 Å². The quantitative estimate of drug-likeness (QED) is 0.522. The second-order valence-corrected chi connectivity index (χ2v) is 2.75. The van der Waals surface area contributed by atoms with E-state index >= 15 is 0 Å².